The molecule has 2 heterocycles. The fourth-order valence-electron chi connectivity index (χ4n) is 2.68. The van der Waals surface area contributed by atoms with E-state index in [0.717, 1.165) is 11.3 Å². The molecule has 27 heavy (non-hydrogen) atoms. The summed E-state index contributed by atoms with van der Waals surface area (Å²) in [5.74, 6) is -1.16. The molecule has 2 aromatic rings. The fourth-order valence-corrected chi connectivity index (χ4v) is 2.68. The molecule has 0 spiro atoms. The van der Waals surface area contributed by atoms with E-state index in [0.29, 0.717) is 25.9 Å². The number of carbonyl (C=O) groups is 2. The third-order valence-corrected chi connectivity index (χ3v) is 4.03. The highest BCUT2D eigenvalue weighted by Crippen LogP contribution is 2.13. The van der Waals surface area contributed by atoms with Crippen LogP contribution in [0.15, 0.2) is 52.4 Å². The number of hydrogen-bond acceptors (Lipinski definition) is 6. The van der Waals surface area contributed by atoms with E-state index in [9.17, 15) is 14.4 Å². The van der Waals surface area contributed by atoms with E-state index < -0.39 is 18.5 Å². The minimum Gasteiger partial charge on any atom is -0.451 e. The molecule has 0 saturated carbocycles. The summed E-state index contributed by atoms with van der Waals surface area (Å²) in [6.45, 7) is 2.32. The molecule has 0 N–H and O–H groups in total. The number of nitrogens with zero attached hydrogens (tertiary/aromatic N) is 4. The van der Waals surface area contributed by atoms with E-state index in [4.69, 9.17) is 4.74 Å². The van der Waals surface area contributed by atoms with Crippen LogP contribution in [0, 0.1) is 0 Å². The van der Waals surface area contributed by atoms with E-state index in [1.54, 1.807) is 0 Å². The fraction of sp³-hybridized carbons (Fsp3) is 0.316. The van der Waals surface area contributed by atoms with Crippen molar-refractivity contribution >= 4 is 17.6 Å². The van der Waals surface area contributed by atoms with Gasteiger partial charge in [-0.15, -0.1) is 0 Å². The molecule has 0 unspecified atom stereocenters. The van der Waals surface area contributed by atoms with Crippen molar-refractivity contribution in [3.05, 3.63) is 64.1 Å². The first kappa shape index (κ1) is 18.5. The Kier molecular flexibility index (Phi) is 5.75. The van der Waals surface area contributed by atoms with Crippen LogP contribution in [0.4, 0.5) is 0 Å². The third-order valence-electron chi connectivity index (χ3n) is 4.03. The first-order chi connectivity index (χ1) is 13.1. The number of aryl methyl sites for hydroxylation is 1. The Morgan fingerprint density at radius 1 is 1.15 bits per heavy atom. The summed E-state index contributed by atoms with van der Waals surface area (Å²) in [6.07, 6.45) is 1.36. The highest BCUT2D eigenvalue weighted by atomic mass is 16.5. The van der Waals surface area contributed by atoms with E-state index in [1.165, 1.54) is 21.8 Å². The maximum atomic E-state index is 12.2. The second kappa shape index (κ2) is 8.39. The van der Waals surface area contributed by atoms with Gasteiger partial charge in [-0.3, -0.25) is 9.59 Å². The molecule has 0 atom stereocenters. The number of benzene rings is 1. The highest BCUT2D eigenvalue weighted by molar-refractivity contribution is 6.02. The summed E-state index contributed by atoms with van der Waals surface area (Å²) < 4.78 is 6.24. The molecule has 1 aromatic heterocycles. The molecule has 1 aromatic carbocycles. The number of ether oxygens (including phenoxy) is 1. The van der Waals surface area contributed by atoms with Crippen LogP contribution in [-0.2, 0) is 16.1 Å². The summed E-state index contributed by atoms with van der Waals surface area (Å²) in [6, 6.07) is 12.2. The Hall–Kier alpha value is -3.29. The van der Waals surface area contributed by atoms with Crippen molar-refractivity contribution in [1.82, 2.24) is 14.8 Å². The molecule has 3 rings (SSSR count). The summed E-state index contributed by atoms with van der Waals surface area (Å²) >= 11 is 0. The van der Waals surface area contributed by atoms with Gasteiger partial charge >= 0.3 is 5.97 Å². The molecule has 1 amide bonds. The second-order valence-corrected chi connectivity index (χ2v) is 6.04. The van der Waals surface area contributed by atoms with Crippen molar-refractivity contribution < 1.29 is 14.3 Å². The van der Waals surface area contributed by atoms with Crippen LogP contribution in [0.5, 0.6) is 0 Å². The Balaban J connectivity index is 1.59. The Bertz CT molecular complexity index is 921. The van der Waals surface area contributed by atoms with Crippen LogP contribution < -0.4 is 5.56 Å². The molecule has 0 saturated heterocycles. The first-order valence-electron chi connectivity index (χ1n) is 8.77. The zero-order chi connectivity index (χ0) is 19.2. The number of carbonyl (C=O) groups excluding carboxylic acids is 2. The van der Waals surface area contributed by atoms with E-state index in [2.05, 4.69) is 10.2 Å². The zero-order valence-corrected chi connectivity index (χ0v) is 15.0. The van der Waals surface area contributed by atoms with Gasteiger partial charge < -0.3 is 4.74 Å². The lowest BCUT2D eigenvalue weighted by Crippen LogP contribution is -2.30. The van der Waals surface area contributed by atoms with Crippen molar-refractivity contribution in [3.8, 4) is 0 Å². The van der Waals surface area contributed by atoms with Gasteiger partial charge in [0.2, 0.25) is 0 Å². The number of hydrazone groups is 1. The Morgan fingerprint density at radius 2 is 1.93 bits per heavy atom. The highest BCUT2D eigenvalue weighted by Gasteiger charge is 2.23. The van der Waals surface area contributed by atoms with Gasteiger partial charge in [-0.25, -0.2) is 14.5 Å². The van der Waals surface area contributed by atoms with Crippen molar-refractivity contribution in [2.45, 2.75) is 26.3 Å². The molecule has 0 aliphatic carbocycles. The zero-order valence-electron chi connectivity index (χ0n) is 15.0. The van der Waals surface area contributed by atoms with E-state index >= 15 is 0 Å². The number of rotatable bonds is 6. The molecule has 0 bridgehead atoms. The standard InChI is InChI=1S/C19H20N4O4/c1-2-11-22-17(24)9-8-16(21-22)19(26)27-13-18(25)23-12-10-15(20-23)14-6-4-3-5-7-14/h3-9H,2,10-13H2,1H3. The molecule has 1 aliphatic rings. The topological polar surface area (TPSA) is 93.9 Å². The van der Waals surface area contributed by atoms with Gasteiger partial charge in [0.1, 0.15) is 0 Å². The van der Waals surface area contributed by atoms with Crippen LogP contribution in [0.3, 0.4) is 0 Å². The average Bonchev–Trinajstić information content (AvgIpc) is 3.19. The number of hydrogen-bond donors (Lipinski definition) is 0. The normalized spacial score (nSPS) is 13.4. The predicted octanol–water partition coefficient (Wildman–Crippen LogP) is 1.45. The second-order valence-electron chi connectivity index (χ2n) is 6.04. The maximum absolute atomic E-state index is 12.2. The van der Waals surface area contributed by atoms with Crippen LogP contribution in [-0.4, -0.2) is 45.5 Å². The van der Waals surface area contributed by atoms with Gasteiger partial charge in [0.15, 0.2) is 12.3 Å². The minimum atomic E-state index is -0.750. The van der Waals surface area contributed by atoms with Crippen molar-refractivity contribution in [3.63, 3.8) is 0 Å². The lowest BCUT2D eigenvalue weighted by atomic mass is 10.1. The molecule has 8 heteroatoms. The molecule has 0 fully saturated rings. The van der Waals surface area contributed by atoms with Crippen LogP contribution >= 0.6 is 0 Å². The molecular formula is C19H20N4O4. The van der Waals surface area contributed by atoms with E-state index in [1.807, 2.05) is 37.3 Å². The van der Waals surface area contributed by atoms with Gasteiger partial charge in [-0.1, -0.05) is 37.3 Å². The van der Waals surface area contributed by atoms with Gasteiger partial charge in [-0.2, -0.15) is 10.2 Å². The molecule has 140 valence electrons. The summed E-state index contributed by atoms with van der Waals surface area (Å²) in [5.41, 5.74) is 1.49. The summed E-state index contributed by atoms with van der Waals surface area (Å²) in [4.78, 5) is 36.0. The summed E-state index contributed by atoms with van der Waals surface area (Å²) in [7, 11) is 0. The molecular weight excluding hydrogens is 348 g/mol. The average molecular weight is 368 g/mol. The van der Waals surface area contributed by atoms with Crippen molar-refractivity contribution in [1.29, 1.82) is 0 Å². The Morgan fingerprint density at radius 3 is 2.67 bits per heavy atom. The third kappa shape index (κ3) is 4.46. The number of amides is 1. The summed E-state index contributed by atoms with van der Waals surface area (Å²) in [5, 5.41) is 9.58. The van der Waals surface area contributed by atoms with Crippen LogP contribution in [0.25, 0.3) is 0 Å². The smallest absolute Gasteiger partial charge is 0.359 e. The number of aromatic nitrogens is 2. The molecule has 1 aliphatic heterocycles. The largest absolute Gasteiger partial charge is 0.451 e. The maximum Gasteiger partial charge on any atom is 0.359 e. The first-order valence-corrected chi connectivity index (χ1v) is 8.77. The molecule has 0 radical (unpaired) electrons. The predicted molar refractivity (Wildman–Crippen MR) is 98.4 cm³/mol. The SMILES string of the molecule is CCCn1nc(C(=O)OCC(=O)N2CCC(c3ccccc3)=N2)ccc1=O. The van der Waals surface area contributed by atoms with E-state index in [-0.39, 0.29) is 11.3 Å². The van der Waals surface area contributed by atoms with Crippen molar-refractivity contribution in [2.75, 3.05) is 13.2 Å². The van der Waals surface area contributed by atoms with Crippen molar-refractivity contribution in [2.24, 2.45) is 5.10 Å². The lowest BCUT2D eigenvalue weighted by Gasteiger charge is -2.11. The lowest BCUT2D eigenvalue weighted by molar-refractivity contribution is -0.134. The van der Waals surface area contributed by atoms with Crippen LogP contribution in [0.1, 0.15) is 35.8 Å². The van der Waals surface area contributed by atoms with Gasteiger partial charge in [0.25, 0.3) is 11.5 Å². The van der Waals surface area contributed by atoms with Gasteiger partial charge in [0.05, 0.1) is 12.3 Å². The van der Waals surface area contributed by atoms with Crippen LogP contribution in [0.2, 0.25) is 0 Å². The quantitative estimate of drug-likeness (QED) is 0.720. The van der Waals surface area contributed by atoms with Gasteiger partial charge in [-0.05, 0) is 18.1 Å². The minimum absolute atomic E-state index is 0.00857. The molecule has 8 nitrogen and oxygen atoms in total. The monoisotopic (exact) mass is 368 g/mol. The number of esters is 1. The Labute approximate surface area is 156 Å². The van der Waals surface area contributed by atoms with Gasteiger partial charge in [0, 0.05) is 19.0 Å².